The van der Waals surface area contributed by atoms with Crippen LogP contribution in [0.2, 0.25) is 0 Å². The van der Waals surface area contributed by atoms with Crippen LogP contribution in [0.1, 0.15) is 30.4 Å². The maximum atomic E-state index is 13.4. The number of aliphatic hydroxyl groups is 1. The van der Waals surface area contributed by atoms with E-state index < -0.39 is 0 Å². The summed E-state index contributed by atoms with van der Waals surface area (Å²) in [5, 5.41) is 8.74. The van der Waals surface area contributed by atoms with Gasteiger partial charge in [0.05, 0.1) is 18.6 Å². The van der Waals surface area contributed by atoms with Gasteiger partial charge >= 0.3 is 0 Å². The van der Waals surface area contributed by atoms with Crippen LogP contribution in [-0.2, 0) is 21.4 Å². The van der Waals surface area contributed by atoms with Crippen molar-refractivity contribution in [2.24, 2.45) is 0 Å². The maximum Gasteiger partial charge on any atom is 0.231 e. The molecule has 3 aromatic rings. The van der Waals surface area contributed by atoms with Crippen LogP contribution in [0, 0.1) is 0 Å². The number of benzene rings is 3. The Morgan fingerprint density at radius 3 is 2.57 bits per heavy atom. The van der Waals surface area contributed by atoms with E-state index in [9.17, 15) is 4.79 Å². The van der Waals surface area contributed by atoms with Gasteiger partial charge in [0.1, 0.15) is 5.78 Å². The highest BCUT2D eigenvalue weighted by Gasteiger charge is 2.50. The lowest BCUT2D eigenvalue weighted by Crippen LogP contribution is -2.22. The molecule has 2 aliphatic rings. The fourth-order valence-electron chi connectivity index (χ4n) is 4.52. The first-order chi connectivity index (χ1) is 17.2. The van der Waals surface area contributed by atoms with Crippen molar-refractivity contribution in [3.8, 4) is 22.6 Å². The molecule has 1 N–H and O–H groups in total. The third-order valence-corrected chi connectivity index (χ3v) is 7.72. The van der Waals surface area contributed by atoms with E-state index in [-0.39, 0.29) is 24.6 Å². The summed E-state index contributed by atoms with van der Waals surface area (Å²) in [6.07, 6.45) is 3.15. The molecular formula is C29H30O5S. The van der Waals surface area contributed by atoms with Crippen LogP contribution >= 0.6 is 11.8 Å². The number of hydrogen-bond donors (Lipinski definition) is 1. The summed E-state index contributed by atoms with van der Waals surface area (Å²) in [7, 11) is 0. The van der Waals surface area contributed by atoms with Crippen LogP contribution in [0.3, 0.4) is 0 Å². The van der Waals surface area contributed by atoms with Gasteiger partial charge < -0.3 is 19.3 Å². The second kappa shape index (κ2) is 10.9. The lowest BCUT2D eigenvalue weighted by molar-refractivity contribution is -0.120. The van der Waals surface area contributed by atoms with Crippen molar-refractivity contribution >= 4 is 17.5 Å². The normalized spacial score (nSPS) is 15.2. The Morgan fingerprint density at radius 2 is 1.77 bits per heavy atom. The van der Waals surface area contributed by atoms with Gasteiger partial charge in [0.15, 0.2) is 11.5 Å². The molecule has 0 unspecified atom stereocenters. The van der Waals surface area contributed by atoms with Gasteiger partial charge in [-0.1, -0.05) is 42.5 Å². The molecule has 0 radical (unpaired) electrons. The largest absolute Gasteiger partial charge is 0.454 e. The molecule has 3 aromatic carbocycles. The average Bonchev–Trinajstić information content (AvgIpc) is 3.57. The zero-order chi connectivity index (χ0) is 24.1. The van der Waals surface area contributed by atoms with Crippen molar-refractivity contribution in [2.75, 3.05) is 32.4 Å². The summed E-state index contributed by atoms with van der Waals surface area (Å²) in [4.78, 5) is 14.6. The molecule has 0 bridgehead atoms. The molecule has 0 aromatic heterocycles. The van der Waals surface area contributed by atoms with Crippen molar-refractivity contribution < 1.29 is 24.1 Å². The van der Waals surface area contributed by atoms with Gasteiger partial charge in [-0.05, 0) is 65.8 Å². The number of ether oxygens (including phenoxy) is 3. The average molecular weight is 491 g/mol. The van der Waals surface area contributed by atoms with Gasteiger partial charge in [-0.3, -0.25) is 4.79 Å². The van der Waals surface area contributed by atoms with E-state index in [0.717, 1.165) is 58.8 Å². The third kappa shape index (κ3) is 5.56. The number of Topliss-reactive ketones (excluding diaryl/α,β-unsaturated/α-hetero) is 1. The van der Waals surface area contributed by atoms with E-state index in [1.165, 1.54) is 4.90 Å². The second-order valence-corrected chi connectivity index (χ2v) is 10.2. The quantitative estimate of drug-likeness (QED) is 0.270. The van der Waals surface area contributed by atoms with Crippen molar-refractivity contribution in [1.29, 1.82) is 0 Å². The Balaban J connectivity index is 1.20. The number of carbonyl (C=O) groups is 1. The van der Waals surface area contributed by atoms with Crippen LogP contribution < -0.4 is 9.47 Å². The van der Waals surface area contributed by atoms with Gasteiger partial charge in [0, 0.05) is 23.7 Å². The van der Waals surface area contributed by atoms with Crippen LogP contribution in [0.15, 0.2) is 71.6 Å². The number of rotatable bonds is 12. The number of hydrogen-bond acceptors (Lipinski definition) is 6. The van der Waals surface area contributed by atoms with E-state index in [1.807, 2.05) is 30.3 Å². The second-order valence-electron chi connectivity index (χ2n) is 9.01. The molecule has 1 aliphatic heterocycles. The minimum absolute atomic E-state index is 0.0741. The lowest BCUT2D eigenvalue weighted by atomic mass is 9.87. The highest BCUT2D eigenvalue weighted by Crippen LogP contribution is 2.51. The smallest absolute Gasteiger partial charge is 0.231 e. The topological polar surface area (TPSA) is 65.0 Å². The number of thioether (sulfide) groups is 1. The molecule has 0 spiro atoms. The summed E-state index contributed by atoms with van der Waals surface area (Å²) in [6, 6.07) is 22.8. The van der Waals surface area contributed by atoms with Crippen LogP contribution in [0.4, 0.5) is 0 Å². The molecule has 1 saturated carbocycles. The Morgan fingerprint density at radius 1 is 0.943 bits per heavy atom. The summed E-state index contributed by atoms with van der Waals surface area (Å²) in [6.45, 7) is 1.40. The molecule has 5 nitrogen and oxygen atoms in total. The summed E-state index contributed by atoms with van der Waals surface area (Å²) >= 11 is 1.80. The summed E-state index contributed by atoms with van der Waals surface area (Å²) < 4.78 is 16.3. The standard InChI is InChI=1S/C29H30O5S/c30-13-15-32-14-2-16-35-25-8-5-22(6-9-25)23-4-1-3-21(17-23)18-28(31)29(11-12-29)24-7-10-26-27(19-24)34-20-33-26/h1,3-10,17,19,30H,2,11-16,18,20H2. The summed E-state index contributed by atoms with van der Waals surface area (Å²) in [5.41, 5.74) is 3.96. The highest BCUT2D eigenvalue weighted by atomic mass is 32.2. The van der Waals surface area contributed by atoms with Crippen molar-refractivity contribution in [2.45, 2.75) is 36.0 Å². The molecule has 1 aliphatic carbocycles. The SMILES string of the molecule is O=C(Cc1cccc(-c2ccc(SCCCOCCO)cc2)c1)C1(c2ccc3c(c2)OCO3)CC1. The molecule has 0 atom stereocenters. The Bertz CT molecular complexity index is 1170. The fourth-order valence-corrected chi connectivity index (χ4v) is 5.35. The zero-order valence-electron chi connectivity index (χ0n) is 19.7. The fraction of sp³-hybridized carbons (Fsp3) is 0.345. The molecule has 0 saturated heterocycles. The van der Waals surface area contributed by atoms with Gasteiger partial charge in [0.25, 0.3) is 0 Å². The Hall–Kier alpha value is -2.80. The number of aliphatic hydroxyl groups excluding tert-OH is 1. The van der Waals surface area contributed by atoms with E-state index in [0.29, 0.717) is 19.6 Å². The predicted molar refractivity (Wildman–Crippen MR) is 137 cm³/mol. The predicted octanol–water partition coefficient (Wildman–Crippen LogP) is 5.42. The first-order valence-electron chi connectivity index (χ1n) is 12.1. The van der Waals surface area contributed by atoms with Gasteiger partial charge in [-0.15, -0.1) is 11.8 Å². The van der Waals surface area contributed by atoms with Gasteiger partial charge in [0.2, 0.25) is 6.79 Å². The van der Waals surface area contributed by atoms with Crippen molar-refractivity contribution in [3.63, 3.8) is 0 Å². The van der Waals surface area contributed by atoms with Crippen molar-refractivity contribution in [3.05, 3.63) is 77.9 Å². The van der Waals surface area contributed by atoms with E-state index in [2.05, 4.69) is 36.4 Å². The third-order valence-electron chi connectivity index (χ3n) is 6.63. The van der Waals surface area contributed by atoms with Crippen LogP contribution in [0.25, 0.3) is 11.1 Å². The molecule has 0 amide bonds. The highest BCUT2D eigenvalue weighted by molar-refractivity contribution is 7.99. The first kappa shape index (κ1) is 23.9. The van der Waals surface area contributed by atoms with Gasteiger partial charge in [-0.2, -0.15) is 0 Å². The zero-order valence-corrected chi connectivity index (χ0v) is 20.5. The van der Waals surface area contributed by atoms with Crippen molar-refractivity contribution in [1.82, 2.24) is 0 Å². The minimum atomic E-state index is -0.390. The Kier molecular flexibility index (Phi) is 7.42. The maximum absolute atomic E-state index is 13.4. The number of ketones is 1. The number of fused-ring (bicyclic) bond motifs is 1. The monoisotopic (exact) mass is 490 g/mol. The molecule has 1 heterocycles. The first-order valence-corrected chi connectivity index (χ1v) is 13.1. The summed E-state index contributed by atoms with van der Waals surface area (Å²) in [5.74, 6) is 2.73. The van der Waals surface area contributed by atoms with E-state index in [1.54, 1.807) is 11.8 Å². The van der Waals surface area contributed by atoms with Gasteiger partial charge in [-0.25, -0.2) is 0 Å². The molecule has 1 fully saturated rings. The molecule has 182 valence electrons. The van der Waals surface area contributed by atoms with E-state index >= 15 is 0 Å². The molecule has 5 rings (SSSR count). The van der Waals surface area contributed by atoms with E-state index in [4.69, 9.17) is 19.3 Å². The minimum Gasteiger partial charge on any atom is -0.454 e. The molecule has 6 heteroatoms. The van der Waals surface area contributed by atoms with Crippen LogP contribution in [-0.4, -0.2) is 43.3 Å². The molecular weight excluding hydrogens is 460 g/mol. The number of carbonyl (C=O) groups excluding carboxylic acids is 1. The lowest BCUT2D eigenvalue weighted by Gasteiger charge is -2.15. The van der Waals surface area contributed by atoms with Crippen LogP contribution in [0.5, 0.6) is 11.5 Å². The molecule has 35 heavy (non-hydrogen) atoms. The Labute approximate surface area is 210 Å².